The number of nitrogens with zero attached hydrogens (tertiary/aromatic N) is 1. The van der Waals surface area contributed by atoms with Crippen LogP contribution in [0.4, 0.5) is 0 Å². The summed E-state index contributed by atoms with van der Waals surface area (Å²) in [5.41, 5.74) is 1.20. The molecule has 0 aliphatic carbocycles. The first kappa shape index (κ1) is 12.1. The van der Waals surface area contributed by atoms with Crippen molar-refractivity contribution in [1.29, 1.82) is 0 Å². The normalized spacial score (nSPS) is 25.7. The molecule has 0 radical (unpaired) electrons. The Morgan fingerprint density at radius 1 is 1.47 bits per heavy atom. The highest BCUT2D eigenvalue weighted by atomic mass is 16.5. The third kappa shape index (κ3) is 3.05. The Morgan fingerprint density at radius 2 is 2.18 bits per heavy atom. The fraction of sp³-hybridized carbons (Fsp3) is 0.462. The van der Waals surface area contributed by atoms with E-state index in [4.69, 9.17) is 9.84 Å². The van der Waals surface area contributed by atoms with Crippen LogP contribution in [0, 0.1) is 0 Å². The summed E-state index contributed by atoms with van der Waals surface area (Å²) in [6, 6.07) is 10.3. The second kappa shape index (κ2) is 5.29. The Balaban J connectivity index is 2.01. The van der Waals surface area contributed by atoms with Gasteiger partial charge in [0.2, 0.25) is 0 Å². The van der Waals surface area contributed by atoms with Gasteiger partial charge < -0.3 is 9.84 Å². The Kier molecular flexibility index (Phi) is 3.76. The van der Waals surface area contributed by atoms with Crippen LogP contribution in [0.25, 0.3) is 0 Å². The van der Waals surface area contributed by atoms with Crippen molar-refractivity contribution in [3.63, 3.8) is 0 Å². The van der Waals surface area contributed by atoms with Crippen LogP contribution in [0.3, 0.4) is 0 Å². The van der Waals surface area contributed by atoms with E-state index in [1.54, 1.807) is 0 Å². The summed E-state index contributed by atoms with van der Waals surface area (Å²) >= 11 is 0. The molecule has 0 saturated carbocycles. The quantitative estimate of drug-likeness (QED) is 0.859. The molecule has 4 nitrogen and oxygen atoms in total. The predicted molar refractivity (Wildman–Crippen MR) is 63.7 cm³/mol. The highest BCUT2D eigenvalue weighted by molar-refractivity contribution is 5.72. The molecule has 1 aromatic rings. The van der Waals surface area contributed by atoms with Crippen molar-refractivity contribution in [2.45, 2.75) is 25.6 Å². The van der Waals surface area contributed by atoms with Gasteiger partial charge in [0.25, 0.3) is 0 Å². The molecule has 0 spiro atoms. The first-order valence-electron chi connectivity index (χ1n) is 5.79. The van der Waals surface area contributed by atoms with Crippen molar-refractivity contribution in [2.24, 2.45) is 0 Å². The van der Waals surface area contributed by atoms with Crippen LogP contribution in [-0.4, -0.2) is 41.3 Å². The minimum absolute atomic E-state index is 0.255. The number of carboxylic acid groups (broad SMARTS) is 1. The summed E-state index contributed by atoms with van der Waals surface area (Å²) < 4.78 is 5.28. The molecule has 0 amide bonds. The van der Waals surface area contributed by atoms with Crippen LogP contribution >= 0.6 is 0 Å². The Hall–Kier alpha value is -1.39. The van der Waals surface area contributed by atoms with E-state index in [1.165, 1.54) is 5.56 Å². The summed E-state index contributed by atoms with van der Waals surface area (Å²) in [6.45, 7) is 3.76. The van der Waals surface area contributed by atoms with Crippen LogP contribution in [0.1, 0.15) is 12.5 Å². The number of benzene rings is 1. The lowest BCUT2D eigenvalue weighted by Crippen LogP contribution is -2.50. The molecule has 1 N–H and O–H groups in total. The van der Waals surface area contributed by atoms with Crippen molar-refractivity contribution < 1.29 is 14.6 Å². The zero-order valence-corrected chi connectivity index (χ0v) is 9.87. The van der Waals surface area contributed by atoms with E-state index >= 15 is 0 Å². The smallest absolute Gasteiger partial charge is 0.334 e. The third-order valence-electron chi connectivity index (χ3n) is 3.07. The number of rotatable bonds is 3. The van der Waals surface area contributed by atoms with Gasteiger partial charge in [0.15, 0.2) is 6.10 Å². The van der Waals surface area contributed by atoms with E-state index in [9.17, 15) is 4.79 Å². The molecule has 1 heterocycles. The Bertz CT molecular complexity index is 380. The predicted octanol–water partition coefficient (Wildman–Crippen LogP) is 1.36. The lowest BCUT2D eigenvalue weighted by atomic mass is 10.1. The summed E-state index contributed by atoms with van der Waals surface area (Å²) in [5, 5.41) is 8.96. The molecule has 92 valence electrons. The Morgan fingerprint density at radius 3 is 2.82 bits per heavy atom. The zero-order valence-electron chi connectivity index (χ0n) is 9.87. The molecule has 1 fully saturated rings. The number of morpholine rings is 1. The zero-order chi connectivity index (χ0) is 12.3. The molecule has 1 aromatic carbocycles. The first-order chi connectivity index (χ1) is 8.16. The molecular weight excluding hydrogens is 218 g/mol. The molecule has 2 atom stereocenters. The molecule has 1 aliphatic heterocycles. The fourth-order valence-electron chi connectivity index (χ4n) is 1.99. The topological polar surface area (TPSA) is 49.8 Å². The number of hydrogen-bond donors (Lipinski definition) is 1. The van der Waals surface area contributed by atoms with Gasteiger partial charge in [-0.25, -0.2) is 4.79 Å². The average molecular weight is 235 g/mol. The second-order valence-electron chi connectivity index (χ2n) is 4.42. The van der Waals surface area contributed by atoms with Gasteiger partial charge in [0, 0.05) is 19.1 Å². The number of aliphatic carboxylic acids is 1. The van der Waals surface area contributed by atoms with Gasteiger partial charge in [-0.05, 0) is 12.5 Å². The maximum absolute atomic E-state index is 10.9. The number of hydrogen-bond acceptors (Lipinski definition) is 3. The molecule has 0 unspecified atom stereocenters. The van der Waals surface area contributed by atoms with E-state index < -0.39 is 12.1 Å². The van der Waals surface area contributed by atoms with Gasteiger partial charge in [0.05, 0.1) is 6.61 Å². The van der Waals surface area contributed by atoms with Gasteiger partial charge in [-0.2, -0.15) is 0 Å². The van der Waals surface area contributed by atoms with Gasteiger partial charge >= 0.3 is 5.97 Å². The van der Waals surface area contributed by atoms with Crippen LogP contribution < -0.4 is 0 Å². The highest BCUT2D eigenvalue weighted by Gasteiger charge is 2.30. The average Bonchev–Trinajstić information content (AvgIpc) is 2.33. The van der Waals surface area contributed by atoms with Crippen LogP contribution in [0.2, 0.25) is 0 Å². The van der Waals surface area contributed by atoms with Gasteiger partial charge in [-0.3, -0.25) is 4.90 Å². The SMILES string of the molecule is C[C@@H]1CO[C@H](C(=O)O)CN1Cc1ccccc1. The molecule has 2 rings (SSSR count). The lowest BCUT2D eigenvalue weighted by Gasteiger charge is -2.36. The largest absolute Gasteiger partial charge is 0.479 e. The number of carbonyl (C=O) groups is 1. The number of carboxylic acids is 1. The van der Waals surface area contributed by atoms with Crippen molar-refractivity contribution in [2.75, 3.05) is 13.2 Å². The molecule has 1 aliphatic rings. The van der Waals surface area contributed by atoms with E-state index in [1.807, 2.05) is 18.2 Å². The van der Waals surface area contributed by atoms with Crippen LogP contribution in [0.15, 0.2) is 30.3 Å². The molecule has 0 bridgehead atoms. The first-order valence-corrected chi connectivity index (χ1v) is 5.79. The van der Waals surface area contributed by atoms with Gasteiger partial charge in [-0.15, -0.1) is 0 Å². The van der Waals surface area contributed by atoms with Gasteiger partial charge in [-0.1, -0.05) is 30.3 Å². The van der Waals surface area contributed by atoms with E-state index in [-0.39, 0.29) is 6.04 Å². The standard InChI is InChI=1S/C13H17NO3/c1-10-9-17-12(13(15)16)8-14(10)7-11-5-3-2-4-6-11/h2-6,10,12H,7-9H2,1H3,(H,15,16)/t10-,12+/m1/s1. The highest BCUT2D eigenvalue weighted by Crippen LogP contribution is 2.15. The lowest BCUT2D eigenvalue weighted by molar-refractivity contribution is -0.159. The summed E-state index contributed by atoms with van der Waals surface area (Å²) in [5.74, 6) is -0.880. The van der Waals surface area contributed by atoms with Crippen molar-refractivity contribution in [1.82, 2.24) is 4.90 Å². The van der Waals surface area contributed by atoms with Crippen LogP contribution in [-0.2, 0) is 16.1 Å². The maximum atomic E-state index is 10.9. The third-order valence-corrected chi connectivity index (χ3v) is 3.07. The van der Waals surface area contributed by atoms with E-state index in [0.717, 1.165) is 6.54 Å². The van der Waals surface area contributed by atoms with Crippen molar-refractivity contribution in [3.8, 4) is 0 Å². The maximum Gasteiger partial charge on any atom is 0.334 e. The monoisotopic (exact) mass is 235 g/mol. The van der Waals surface area contributed by atoms with Crippen molar-refractivity contribution >= 4 is 5.97 Å². The molecular formula is C13H17NO3. The minimum atomic E-state index is -0.880. The second-order valence-corrected chi connectivity index (χ2v) is 4.42. The summed E-state index contributed by atoms with van der Waals surface area (Å²) in [7, 11) is 0. The van der Waals surface area contributed by atoms with Crippen molar-refractivity contribution in [3.05, 3.63) is 35.9 Å². The molecule has 17 heavy (non-hydrogen) atoms. The summed E-state index contributed by atoms with van der Waals surface area (Å²) in [6.07, 6.45) is -0.699. The molecule has 0 aromatic heterocycles. The minimum Gasteiger partial charge on any atom is -0.479 e. The van der Waals surface area contributed by atoms with E-state index in [2.05, 4.69) is 24.0 Å². The molecule has 1 saturated heterocycles. The van der Waals surface area contributed by atoms with E-state index in [0.29, 0.717) is 13.2 Å². The summed E-state index contributed by atoms with van der Waals surface area (Å²) in [4.78, 5) is 13.1. The number of ether oxygens (including phenoxy) is 1. The fourth-order valence-corrected chi connectivity index (χ4v) is 1.99. The molecule has 4 heteroatoms. The Labute approximate surface area is 101 Å². The van der Waals surface area contributed by atoms with Gasteiger partial charge in [0.1, 0.15) is 0 Å². The van der Waals surface area contributed by atoms with Crippen LogP contribution in [0.5, 0.6) is 0 Å².